The van der Waals surface area contributed by atoms with Gasteiger partial charge in [0, 0.05) is 0 Å². The third-order valence-corrected chi connectivity index (χ3v) is 4.66. The zero-order valence-corrected chi connectivity index (χ0v) is 14.3. The fourth-order valence-electron chi connectivity index (χ4n) is 3.34. The molecular weight excluding hydrogens is 314 g/mol. The average Bonchev–Trinajstić information content (AvgIpc) is 3.02. The zero-order chi connectivity index (χ0) is 17.4. The van der Waals surface area contributed by atoms with Gasteiger partial charge in [-0.2, -0.15) is 4.98 Å². The van der Waals surface area contributed by atoms with Crippen molar-refractivity contribution in [1.82, 2.24) is 14.8 Å². The highest BCUT2D eigenvalue weighted by Crippen LogP contribution is 2.38. The first-order valence-corrected chi connectivity index (χ1v) is 8.33. The SMILES string of the molecule is COc1cccc([C@@H]2C[C@H](c3ccc(C)cc3)n3nc(N)nc3N2)c1. The summed E-state index contributed by atoms with van der Waals surface area (Å²) in [5.41, 5.74) is 9.44. The van der Waals surface area contributed by atoms with Gasteiger partial charge in [-0.15, -0.1) is 5.10 Å². The topological polar surface area (TPSA) is 78.0 Å². The van der Waals surface area contributed by atoms with Gasteiger partial charge in [0.2, 0.25) is 11.9 Å². The van der Waals surface area contributed by atoms with Crippen LogP contribution in [0.1, 0.15) is 35.2 Å². The molecule has 2 atom stereocenters. The van der Waals surface area contributed by atoms with Gasteiger partial charge in [-0.25, -0.2) is 4.68 Å². The van der Waals surface area contributed by atoms with Crippen molar-refractivity contribution in [3.63, 3.8) is 0 Å². The molecule has 1 aromatic heterocycles. The van der Waals surface area contributed by atoms with Crippen LogP contribution >= 0.6 is 0 Å². The van der Waals surface area contributed by atoms with E-state index in [4.69, 9.17) is 10.5 Å². The fourth-order valence-corrected chi connectivity index (χ4v) is 3.34. The van der Waals surface area contributed by atoms with Crippen LogP contribution in [0.15, 0.2) is 48.5 Å². The Bertz CT molecular complexity index is 887. The number of aryl methyl sites for hydroxylation is 1. The molecule has 0 aliphatic carbocycles. The molecule has 6 nitrogen and oxygen atoms in total. The number of fused-ring (bicyclic) bond motifs is 1. The Hall–Kier alpha value is -3.02. The van der Waals surface area contributed by atoms with Gasteiger partial charge in [0.15, 0.2) is 0 Å². The van der Waals surface area contributed by atoms with Crippen LogP contribution in [0.2, 0.25) is 0 Å². The van der Waals surface area contributed by atoms with E-state index in [0.29, 0.717) is 5.95 Å². The molecule has 2 heterocycles. The lowest BCUT2D eigenvalue weighted by Crippen LogP contribution is -2.28. The van der Waals surface area contributed by atoms with Crippen molar-refractivity contribution in [1.29, 1.82) is 0 Å². The van der Waals surface area contributed by atoms with Crippen LogP contribution in [-0.4, -0.2) is 21.9 Å². The second kappa shape index (κ2) is 6.12. The number of nitrogens with zero attached hydrogens (tertiary/aromatic N) is 3. The molecule has 0 fully saturated rings. The minimum absolute atomic E-state index is 0.0813. The monoisotopic (exact) mass is 335 g/mol. The lowest BCUT2D eigenvalue weighted by atomic mass is 9.93. The van der Waals surface area contributed by atoms with E-state index in [1.807, 2.05) is 16.8 Å². The lowest BCUT2D eigenvalue weighted by molar-refractivity contribution is 0.410. The summed E-state index contributed by atoms with van der Waals surface area (Å²) >= 11 is 0. The first kappa shape index (κ1) is 15.5. The van der Waals surface area contributed by atoms with Crippen molar-refractivity contribution in [2.45, 2.75) is 25.4 Å². The number of nitrogens with one attached hydrogen (secondary N) is 1. The number of anilines is 2. The zero-order valence-electron chi connectivity index (χ0n) is 14.3. The predicted molar refractivity (Wildman–Crippen MR) is 97.7 cm³/mol. The Morgan fingerprint density at radius 3 is 2.72 bits per heavy atom. The third kappa shape index (κ3) is 2.91. The van der Waals surface area contributed by atoms with Crippen molar-refractivity contribution in [2.75, 3.05) is 18.2 Å². The number of ether oxygens (including phenoxy) is 1. The van der Waals surface area contributed by atoms with E-state index >= 15 is 0 Å². The maximum absolute atomic E-state index is 5.85. The molecule has 0 bridgehead atoms. The molecule has 1 aliphatic heterocycles. The largest absolute Gasteiger partial charge is 0.497 e. The number of rotatable bonds is 3. The van der Waals surface area contributed by atoms with E-state index < -0.39 is 0 Å². The molecule has 3 aromatic rings. The first-order chi connectivity index (χ1) is 12.1. The van der Waals surface area contributed by atoms with E-state index in [9.17, 15) is 0 Å². The molecule has 0 spiro atoms. The van der Waals surface area contributed by atoms with Crippen molar-refractivity contribution in [2.24, 2.45) is 0 Å². The summed E-state index contributed by atoms with van der Waals surface area (Å²) in [5.74, 6) is 1.82. The van der Waals surface area contributed by atoms with Crippen molar-refractivity contribution in [3.05, 3.63) is 65.2 Å². The quantitative estimate of drug-likeness (QED) is 0.768. The molecule has 128 valence electrons. The number of nitrogen functional groups attached to an aromatic ring is 1. The molecule has 25 heavy (non-hydrogen) atoms. The molecular formula is C19H21N5O. The maximum atomic E-state index is 5.85. The normalized spacial score (nSPS) is 19.1. The lowest BCUT2D eigenvalue weighted by Gasteiger charge is -2.31. The van der Waals surface area contributed by atoms with Gasteiger partial charge in [-0.05, 0) is 36.6 Å². The molecule has 1 aliphatic rings. The summed E-state index contributed by atoms with van der Waals surface area (Å²) in [6.07, 6.45) is 0.853. The van der Waals surface area contributed by atoms with Crippen LogP contribution in [0.25, 0.3) is 0 Å². The maximum Gasteiger partial charge on any atom is 0.241 e. The van der Waals surface area contributed by atoms with Gasteiger partial charge in [-0.1, -0.05) is 42.0 Å². The first-order valence-electron chi connectivity index (χ1n) is 8.33. The highest BCUT2D eigenvalue weighted by atomic mass is 16.5. The van der Waals surface area contributed by atoms with Gasteiger partial charge >= 0.3 is 0 Å². The van der Waals surface area contributed by atoms with E-state index in [-0.39, 0.29) is 18.0 Å². The van der Waals surface area contributed by atoms with Crippen molar-refractivity contribution < 1.29 is 4.74 Å². The summed E-state index contributed by atoms with van der Waals surface area (Å²) in [4.78, 5) is 4.35. The number of hydrogen-bond donors (Lipinski definition) is 2. The molecule has 0 saturated heterocycles. The van der Waals surface area contributed by atoms with Crippen LogP contribution in [0.4, 0.5) is 11.9 Å². The smallest absolute Gasteiger partial charge is 0.241 e. The van der Waals surface area contributed by atoms with Crippen LogP contribution in [-0.2, 0) is 0 Å². The fraction of sp³-hybridized carbons (Fsp3) is 0.263. The Morgan fingerprint density at radius 2 is 1.96 bits per heavy atom. The molecule has 4 rings (SSSR count). The summed E-state index contributed by atoms with van der Waals surface area (Å²) in [5, 5.41) is 7.84. The number of aromatic nitrogens is 3. The average molecular weight is 335 g/mol. The Morgan fingerprint density at radius 1 is 1.16 bits per heavy atom. The summed E-state index contributed by atoms with van der Waals surface area (Å²) in [6, 6.07) is 16.8. The molecule has 0 saturated carbocycles. The van der Waals surface area contributed by atoms with Gasteiger partial charge in [0.05, 0.1) is 19.2 Å². The van der Waals surface area contributed by atoms with Crippen LogP contribution < -0.4 is 15.8 Å². The van der Waals surface area contributed by atoms with Gasteiger partial charge in [0.1, 0.15) is 5.75 Å². The second-order valence-corrected chi connectivity index (χ2v) is 6.37. The van der Waals surface area contributed by atoms with Crippen molar-refractivity contribution in [3.8, 4) is 5.75 Å². The Balaban J connectivity index is 1.74. The van der Waals surface area contributed by atoms with E-state index in [0.717, 1.165) is 17.7 Å². The minimum Gasteiger partial charge on any atom is -0.497 e. The van der Waals surface area contributed by atoms with Crippen LogP contribution in [0.5, 0.6) is 5.75 Å². The van der Waals surface area contributed by atoms with Crippen LogP contribution in [0, 0.1) is 6.92 Å². The molecule has 0 unspecified atom stereocenters. The highest BCUT2D eigenvalue weighted by Gasteiger charge is 2.30. The molecule has 6 heteroatoms. The van der Waals surface area contributed by atoms with E-state index in [1.165, 1.54) is 11.1 Å². The van der Waals surface area contributed by atoms with Crippen LogP contribution in [0.3, 0.4) is 0 Å². The van der Waals surface area contributed by atoms with Crippen molar-refractivity contribution >= 4 is 11.9 Å². The third-order valence-electron chi connectivity index (χ3n) is 4.66. The van der Waals surface area contributed by atoms with Gasteiger partial charge < -0.3 is 15.8 Å². The van der Waals surface area contributed by atoms with E-state index in [1.54, 1.807) is 7.11 Å². The Kier molecular flexibility index (Phi) is 3.80. The standard InChI is InChI=1S/C19H21N5O/c1-12-6-8-13(9-7-12)17-11-16(14-4-3-5-15(10-14)25-2)21-19-22-18(20)23-24(17)19/h3-10,16-17H,11H2,1-2H3,(H3,20,21,22,23)/t16-,17+/m0/s1. The number of methoxy groups -OCH3 is 1. The summed E-state index contributed by atoms with van der Waals surface area (Å²) in [7, 11) is 1.68. The van der Waals surface area contributed by atoms with Gasteiger partial charge in [0.25, 0.3) is 0 Å². The van der Waals surface area contributed by atoms with Gasteiger partial charge in [-0.3, -0.25) is 0 Å². The number of hydrogen-bond acceptors (Lipinski definition) is 5. The molecule has 0 amide bonds. The summed E-state index contributed by atoms with van der Waals surface area (Å²) in [6.45, 7) is 2.09. The second-order valence-electron chi connectivity index (χ2n) is 6.37. The Labute approximate surface area is 146 Å². The molecule has 3 N–H and O–H groups in total. The minimum atomic E-state index is 0.0813. The molecule has 2 aromatic carbocycles. The summed E-state index contributed by atoms with van der Waals surface area (Å²) < 4.78 is 7.25. The number of benzene rings is 2. The molecule has 0 radical (unpaired) electrons. The highest BCUT2D eigenvalue weighted by molar-refractivity contribution is 5.43. The number of nitrogens with two attached hydrogens (primary N) is 1. The van der Waals surface area contributed by atoms with E-state index in [2.05, 4.69) is 58.7 Å². The predicted octanol–water partition coefficient (Wildman–Crippen LogP) is 3.32.